The average molecular weight is 172 g/mol. The predicted octanol–water partition coefficient (Wildman–Crippen LogP) is -0.389. The van der Waals surface area contributed by atoms with Gasteiger partial charge < -0.3 is 11.5 Å². The Morgan fingerprint density at radius 3 is 1.83 bits per heavy atom. The molecule has 0 aromatic carbocycles. The van der Waals surface area contributed by atoms with E-state index >= 15 is 0 Å². The first kappa shape index (κ1) is 9.92. The second-order valence-electron chi connectivity index (χ2n) is 3.49. The van der Waals surface area contributed by atoms with E-state index in [0.29, 0.717) is 0 Å². The van der Waals surface area contributed by atoms with Gasteiger partial charge in [0.25, 0.3) is 0 Å². The Bertz CT molecular complexity index is 129. The second-order valence-corrected chi connectivity index (χ2v) is 3.49. The van der Waals surface area contributed by atoms with Gasteiger partial charge in [-0.2, -0.15) is 0 Å². The second kappa shape index (κ2) is 4.18. The predicted molar refractivity (Wildman–Crippen MR) is 50.2 cm³/mol. The summed E-state index contributed by atoms with van der Waals surface area (Å²) in [4.78, 5) is 0. The molecule has 1 atom stereocenters. The van der Waals surface area contributed by atoms with Crippen LogP contribution in [-0.4, -0.2) is 30.8 Å². The molecule has 0 bridgehead atoms. The molecule has 0 aromatic heterocycles. The van der Waals surface area contributed by atoms with Crippen molar-refractivity contribution < 1.29 is 0 Å². The minimum atomic E-state index is 0.235. The van der Waals surface area contributed by atoms with Gasteiger partial charge >= 0.3 is 0 Å². The normalized spacial score (nSPS) is 25.8. The highest BCUT2D eigenvalue weighted by Crippen LogP contribution is 2.32. The molecular weight excluding hydrogens is 152 g/mol. The van der Waals surface area contributed by atoms with Gasteiger partial charge in [0.05, 0.1) is 5.66 Å². The average Bonchev–Trinajstić information content (AvgIpc) is 2.71. The summed E-state index contributed by atoms with van der Waals surface area (Å²) in [6.07, 6.45) is 4.45. The SMILES string of the molecule is CN1NC1(CCCN)CCCN. The third-order valence-electron chi connectivity index (χ3n) is 2.56. The standard InChI is InChI=1S/C8H20N4/c1-12-8(11-12,4-2-6-9)5-3-7-10/h11H,2-7,9-10H2,1H3. The molecule has 1 unspecified atom stereocenters. The molecule has 5 N–H and O–H groups in total. The van der Waals surface area contributed by atoms with Crippen molar-refractivity contribution in [3.8, 4) is 0 Å². The van der Waals surface area contributed by atoms with E-state index in [9.17, 15) is 0 Å². The summed E-state index contributed by atoms with van der Waals surface area (Å²) in [6.45, 7) is 1.56. The smallest absolute Gasteiger partial charge is 0.0971 e. The van der Waals surface area contributed by atoms with Gasteiger partial charge in [0, 0.05) is 7.05 Å². The van der Waals surface area contributed by atoms with Crippen molar-refractivity contribution in [1.82, 2.24) is 10.4 Å². The van der Waals surface area contributed by atoms with Crippen LogP contribution in [0.15, 0.2) is 0 Å². The lowest BCUT2D eigenvalue weighted by molar-refractivity contribution is 0.394. The van der Waals surface area contributed by atoms with Crippen LogP contribution in [0.1, 0.15) is 25.7 Å². The Balaban J connectivity index is 2.22. The van der Waals surface area contributed by atoms with Crippen molar-refractivity contribution in [1.29, 1.82) is 0 Å². The Kier molecular flexibility index (Phi) is 3.46. The van der Waals surface area contributed by atoms with Gasteiger partial charge in [-0.3, -0.25) is 0 Å². The Hall–Kier alpha value is -0.160. The van der Waals surface area contributed by atoms with Gasteiger partial charge in [0.1, 0.15) is 0 Å². The van der Waals surface area contributed by atoms with E-state index in [0.717, 1.165) is 38.8 Å². The molecule has 0 saturated carbocycles. The van der Waals surface area contributed by atoms with Crippen LogP contribution in [0.4, 0.5) is 0 Å². The zero-order chi connectivity index (χ0) is 9.03. The van der Waals surface area contributed by atoms with Crippen molar-refractivity contribution in [2.45, 2.75) is 31.3 Å². The van der Waals surface area contributed by atoms with Gasteiger partial charge in [0.15, 0.2) is 0 Å². The van der Waals surface area contributed by atoms with Crippen LogP contribution in [0, 0.1) is 0 Å². The number of hydrogen-bond acceptors (Lipinski definition) is 4. The first-order chi connectivity index (χ1) is 5.75. The van der Waals surface area contributed by atoms with E-state index in [-0.39, 0.29) is 5.66 Å². The molecule has 0 radical (unpaired) electrons. The van der Waals surface area contributed by atoms with E-state index in [4.69, 9.17) is 11.5 Å². The topological polar surface area (TPSA) is 77.0 Å². The first-order valence-corrected chi connectivity index (χ1v) is 4.67. The molecule has 4 heteroatoms. The molecule has 0 aliphatic carbocycles. The third-order valence-corrected chi connectivity index (χ3v) is 2.56. The fourth-order valence-electron chi connectivity index (χ4n) is 1.65. The van der Waals surface area contributed by atoms with Gasteiger partial charge in [-0.05, 0) is 38.8 Å². The number of rotatable bonds is 6. The Morgan fingerprint density at radius 1 is 1.17 bits per heavy atom. The highest BCUT2D eigenvalue weighted by molar-refractivity contribution is 4.95. The fraction of sp³-hybridized carbons (Fsp3) is 1.00. The maximum Gasteiger partial charge on any atom is 0.0971 e. The number of nitrogens with zero attached hydrogens (tertiary/aromatic N) is 1. The van der Waals surface area contributed by atoms with Crippen LogP contribution in [0.5, 0.6) is 0 Å². The van der Waals surface area contributed by atoms with Gasteiger partial charge in [-0.25, -0.2) is 10.4 Å². The Morgan fingerprint density at radius 2 is 1.58 bits per heavy atom. The highest BCUT2D eigenvalue weighted by Gasteiger charge is 2.47. The van der Waals surface area contributed by atoms with Crippen molar-refractivity contribution >= 4 is 0 Å². The summed E-state index contributed by atoms with van der Waals surface area (Å²) in [5.41, 5.74) is 14.5. The van der Waals surface area contributed by atoms with Crippen molar-refractivity contribution in [2.24, 2.45) is 11.5 Å². The van der Waals surface area contributed by atoms with Crippen LogP contribution in [0.3, 0.4) is 0 Å². The number of nitrogens with two attached hydrogens (primary N) is 2. The number of nitrogens with one attached hydrogen (secondary N) is 1. The highest BCUT2D eigenvalue weighted by atomic mass is 15.8. The van der Waals surface area contributed by atoms with Crippen molar-refractivity contribution in [3.05, 3.63) is 0 Å². The van der Waals surface area contributed by atoms with E-state index in [1.165, 1.54) is 0 Å². The first-order valence-electron chi connectivity index (χ1n) is 4.67. The quantitative estimate of drug-likeness (QED) is 0.477. The molecule has 1 saturated heterocycles. The van der Waals surface area contributed by atoms with Crippen molar-refractivity contribution in [3.63, 3.8) is 0 Å². The summed E-state index contributed by atoms with van der Waals surface area (Å²) in [5, 5.41) is 2.16. The van der Waals surface area contributed by atoms with E-state index in [1.54, 1.807) is 0 Å². The molecule has 4 nitrogen and oxygen atoms in total. The third kappa shape index (κ3) is 2.17. The fourth-order valence-corrected chi connectivity index (χ4v) is 1.65. The summed E-state index contributed by atoms with van der Waals surface area (Å²) >= 11 is 0. The monoisotopic (exact) mass is 172 g/mol. The lowest BCUT2D eigenvalue weighted by Gasteiger charge is -2.11. The largest absolute Gasteiger partial charge is 0.330 e. The zero-order valence-electron chi connectivity index (χ0n) is 7.84. The van der Waals surface area contributed by atoms with Crippen LogP contribution < -0.4 is 16.9 Å². The van der Waals surface area contributed by atoms with Crippen LogP contribution in [0.25, 0.3) is 0 Å². The molecule has 1 aliphatic heterocycles. The molecular formula is C8H20N4. The van der Waals surface area contributed by atoms with Crippen LogP contribution >= 0.6 is 0 Å². The minimum Gasteiger partial charge on any atom is -0.330 e. The Labute approximate surface area is 74.2 Å². The molecule has 1 heterocycles. The summed E-state index contributed by atoms with van der Waals surface area (Å²) < 4.78 is 0. The van der Waals surface area contributed by atoms with E-state index in [2.05, 4.69) is 17.5 Å². The molecule has 0 aromatic rings. The lowest BCUT2D eigenvalue weighted by atomic mass is 10.0. The molecule has 0 amide bonds. The van der Waals surface area contributed by atoms with Crippen molar-refractivity contribution in [2.75, 3.05) is 20.1 Å². The molecule has 1 rings (SSSR count). The van der Waals surface area contributed by atoms with Gasteiger partial charge in [0.2, 0.25) is 0 Å². The maximum atomic E-state index is 5.47. The van der Waals surface area contributed by atoms with Gasteiger partial charge in [-0.15, -0.1) is 0 Å². The van der Waals surface area contributed by atoms with Crippen LogP contribution in [0.2, 0.25) is 0 Å². The van der Waals surface area contributed by atoms with E-state index in [1.807, 2.05) is 0 Å². The molecule has 1 fully saturated rings. The summed E-state index contributed by atoms with van der Waals surface area (Å²) in [5.74, 6) is 0. The zero-order valence-corrected chi connectivity index (χ0v) is 7.84. The molecule has 1 aliphatic rings. The lowest BCUT2D eigenvalue weighted by Crippen LogP contribution is -2.21. The molecule has 0 spiro atoms. The minimum absolute atomic E-state index is 0.235. The molecule has 72 valence electrons. The number of hydrazine groups is 1. The van der Waals surface area contributed by atoms with Crippen LogP contribution in [-0.2, 0) is 0 Å². The van der Waals surface area contributed by atoms with E-state index < -0.39 is 0 Å². The summed E-state index contributed by atoms with van der Waals surface area (Å²) in [7, 11) is 2.08. The molecule has 12 heavy (non-hydrogen) atoms. The van der Waals surface area contributed by atoms with Gasteiger partial charge in [-0.1, -0.05) is 0 Å². The summed E-state index contributed by atoms with van der Waals surface area (Å²) in [6, 6.07) is 0. The number of hydrogen-bond donors (Lipinski definition) is 3. The maximum absolute atomic E-state index is 5.47.